The van der Waals surface area contributed by atoms with Crippen molar-refractivity contribution in [2.45, 2.75) is 33.1 Å². The summed E-state index contributed by atoms with van der Waals surface area (Å²) in [6, 6.07) is 5.91. The predicted octanol–water partition coefficient (Wildman–Crippen LogP) is 5.03. The van der Waals surface area contributed by atoms with Gasteiger partial charge >= 0.3 is 5.97 Å². The third-order valence-corrected chi connectivity index (χ3v) is 4.42. The third-order valence-electron chi connectivity index (χ3n) is 4.42. The van der Waals surface area contributed by atoms with Crippen LogP contribution in [0.5, 0.6) is 0 Å². The molecule has 2 nitrogen and oxygen atoms in total. The van der Waals surface area contributed by atoms with Crippen LogP contribution in [-0.2, 0) is 11.2 Å². The number of hydrogen-bond donors (Lipinski definition) is 0. The van der Waals surface area contributed by atoms with Gasteiger partial charge in [-0.2, -0.15) is 0 Å². The van der Waals surface area contributed by atoms with E-state index in [2.05, 4.69) is 44.2 Å². The topological polar surface area (TPSA) is 26.3 Å². The van der Waals surface area contributed by atoms with E-state index < -0.39 is 0 Å². The van der Waals surface area contributed by atoms with Crippen molar-refractivity contribution in [3.05, 3.63) is 75.9 Å². The molecule has 0 bridgehead atoms. The Hall–Kier alpha value is -2.35. The molecule has 0 saturated carbocycles. The minimum Gasteiger partial charge on any atom is -0.465 e. The first kappa shape index (κ1) is 15.5. The largest absolute Gasteiger partial charge is 0.465 e. The van der Waals surface area contributed by atoms with E-state index in [1.54, 1.807) is 0 Å². The zero-order valence-electron chi connectivity index (χ0n) is 14.0. The fourth-order valence-electron chi connectivity index (χ4n) is 3.34. The number of esters is 1. The predicted molar refractivity (Wildman–Crippen MR) is 94.3 cm³/mol. The van der Waals surface area contributed by atoms with Crippen molar-refractivity contribution in [3.63, 3.8) is 0 Å². The molecule has 2 heteroatoms. The van der Waals surface area contributed by atoms with Crippen LogP contribution in [0.1, 0.15) is 48.2 Å². The van der Waals surface area contributed by atoms with Crippen molar-refractivity contribution < 1.29 is 9.53 Å². The number of allylic oxidation sites excluding steroid dienone is 8. The van der Waals surface area contributed by atoms with E-state index in [9.17, 15) is 4.79 Å². The summed E-state index contributed by atoms with van der Waals surface area (Å²) in [4.78, 5) is 11.9. The van der Waals surface area contributed by atoms with Crippen molar-refractivity contribution in [2.24, 2.45) is 0 Å². The number of benzene rings is 1. The smallest absolute Gasteiger partial charge is 0.337 e. The number of carbonyl (C=O) groups is 1. The summed E-state index contributed by atoms with van der Waals surface area (Å²) in [6.45, 7) is 4.30. The van der Waals surface area contributed by atoms with E-state index in [0.717, 1.165) is 19.3 Å². The van der Waals surface area contributed by atoms with Gasteiger partial charge in [0.1, 0.15) is 0 Å². The number of carbonyl (C=O) groups excluding carboxylic acids is 1. The van der Waals surface area contributed by atoms with Gasteiger partial charge in [0.05, 0.1) is 12.7 Å². The zero-order chi connectivity index (χ0) is 16.4. The summed E-state index contributed by atoms with van der Waals surface area (Å²) in [5.74, 6) is -0.278. The molecule has 0 aliphatic heterocycles. The molecule has 1 aromatic carbocycles. The first-order chi connectivity index (χ1) is 11.1. The van der Waals surface area contributed by atoms with Crippen molar-refractivity contribution in [2.75, 3.05) is 7.11 Å². The molecular formula is C21H22O2. The van der Waals surface area contributed by atoms with Crippen molar-refractivity contribution >= 4 is 11.5 Å². The summed E-state index contributed by atoms with van der Waals surface area (Å²) >= 11 is 0. The van der Waals surface area contributed by atoms with Gasteiger partial charge in [-0.25, -0.2) is 4.79 Å². The Balaban J connectivity index is 2.05. The molecule has 0 fully saturated rings. The van der Waals surface area contributed by atoms with Gasteiger partial charge in [-0.15, -0.1) is 0 Å². The van der Waals surface area contributed by atoms with Gasteiger partial charge in [0.2, 0.25) is 0 Å². The van der Waals surface area contributed by atoms with Gasteiger partial charge < -0.3 is 4.74 Å². The van der Waals surface area contributed by atoms with E-state index in [-0.39, 0.29) is 5.97 Å². The highest BCUT2D eigenvalue weighted by atomic mass is 16.5. The third kappa shape index (κ3) is 3.21. The van der Waals surface area contributed by atoms with E-state index >= 15 is 0 Å². The molecule has 1 aromatic rings. The Kier molecular flexibility index (Phi) is 4.33. The maximum atomic E-state index is 11.9. The summed E-state index contributed by atoms with van der Waals surface area (Å²) in [6.07, 6.45) is 11.9. The molecule has 0 unspecified atom stereocenters. The molecule has 0 aromatic heterocycles. The van der Waals surface area contributed by atoms with Crippen molar-refractivity contribution in [1.82, 2.24) is 0 Å². The van der Waals surface area contributed by atoms with Crippen LogP contribution in [0, 0.1) is 0 Å². The fourth-order valence-corrected chi connectivity index (χ4v) is 3.34. The minimum absolute atomic E-state index is 0.278. The zero-order valence-corrected chi connectivity index (χ0v) is 14.0. The Morgan fingerprint density at radius 1 is 1.17 bits per heavy atom. The minimum atomic E-state index is -0.278. The molecule has 0 saturated heterocycles. The van der Waals surface area contributed by atoms with Gasteiger partial charge in [-0.05, 0) is 67.5 Å². The molecular weight excluding hydrogens is 284 g/mol. The molecule has 0 amide bonds. The summed E-state index contributed by atoms with van der Waals surface area (Å²) in [5.41, 5.74) is 8.31. The van der Waals surface area contributed by atoms with Gasteiger partial charge in [-0.1, -0.05) is 41.5 Å². The molecule has 23 heavy (non-hydrogen) atoms. The van der Waals surface area contributed by atoms with Crippen LogP contribution < -0.4 is 0 Å². The molecule has 3 rings (SSSR count). The molecule has 0 heterocycles. The van der Waals surface area contributed by atoms with Crippen LogP contribution in [0.2, 0.25) is 0 Å². The second-order valence-corrected chi connectivity index (χ2v) is 6.29. The number of hydrogen-bond acceptors (Lipinski definition) is 2. The lowest BCUT2D eigenvalue weighted by atomic mass is 9.84. The number of methoxy groups -OCH3 is 1. The quantitative estimate of drug-likeness (QED) is 0.717. The van der Waals surface area contributed by atoms with E-state index in [4.69, 9.17) is 4.74 Å². The summed E-state index contributed by atoms with van der Waals surface area (Å²) in [7, 11) is 1.42. The molecule has 0 spiro atoms. The van der Waals surface area contributed by atoms with E-state index in [0.29, 0.717) is 5.56 Å². The molecule has 0 N–H and O–H groups in total. The van der Waals surface area contributed by atoms with Crippen LogP contribution in [-0.4, -0.2) is 13.1 Å². The van der Waals surface area contributed by atoms with Crippen LogP contribution in [0.25, 0.3) is 5.57 Å². The average molecular weight is 306 g/mol. The number of fused-ring (bicyclic) bond motifs is 1. The van der Waals surface area contributed by atoms with Crippen LogP contribution in [0.15, 0.2) is 59.2 Å². The molecule has 2 aliphatic carbocycles. The van der Waals surface area contributed by atoms with Crippen molar-refractivity contribution in [1.29, 1.82) is 0 Å². The first-order valence-corrected chi connectivity index (χ1v) is 8.05. The van der Waals surface area contributed by atoms with Gasteiger partial charge in [0.15, 0.2) is 0 Å². The van der Waals surface area contributed by atoms with Gasteiger partial charge in [0.25, 0.3) is 0 Å². The lowest BCUT2D eigenvalue weighted by Crippen LogP contribution is -2.07. The Morgan fingerprint density at radius 3 is 2.78 bits per heavy atom. The Bertz CT molecular complexity index is 773. The maximum Gasteiger partial charge on any atom is 0.337 e. The van der Waals surface area contributed by atoms with Gasteiger partial charge in [0, 0.05) is 0 Å². The maximum absolute atomic E-state index is 11.9. The molecule has 0 atom stereocenters. The van der Waals surface area contributed by atoms with E-state index in [1.165, 1.54) is 40.5 Å². The number of ether oxygens (including phenoxy) is 1. The number of aryl methyl sites for hydroxylation is 1. The lowest BCUT2D eigenvalue weighted by molar-refractivity contribution is 0.0600. The monoisotopic (exact) mass is 306 g/mol. The van der Waals surface area contributed by atoms with Crippen LogP contribution >= 0.6 is 0 Å². The lowest BCUT2D eigenvalue weighted by Gasteiger charge is -2.21. The normalized spacial score (nSPS) is 17.2. The SMILES string of the molecule is COC(=O)c1ccc2c(c1)C(C1=CC=C(C)C=C(C)C1)=CCC2. The fraction of sp³-hybridized carbons (Fsp3) is 0.286. The Labute approximate surface area is 137 Å². The van der Waals surface area contributed by atoms with Crippen LogP contribution in [0.3, 0.4) is 0 Å². The second kappa shape index (κ2) is 6.41. The van der Waals surface area contributed by atoms with Crippen molar-refractivity contribution in [3.8, 4) is 0 Å². The molecule has 0 radical (unpaired) electrons. The number of rotatable bonds is 2. The highest BCUT2D eigenvalue weighted by Crippen LogP contribution is 2.36. The molecule has 2 aliphatic rings. The average Bonchev–Trinajstić information content (AvgIpc) is 2.73. The molecule has 118 valence electrons. The van der Waals surface area contributed by atoms with Crippen LogP contribution in [0.4, 0.5) is 0 Å². The standard InChI is InChI=1S/C21H22O2/c1-14-7-8-17(12-15(2)11-14)19-6-4-5-16-9-10-18(13-20(16)19)21(22)23-3/h6-11,13H,4-5,12H2,1-3H3. The highest BCUT2D eigenvalue weighted by Gasteiger charge is 2.19. The highest BCUT2D eigenvalue weighted by molar-refractivity contribution is 5.92. The van der Waals surface area contributed by atoms with Gasteiger partial charge in [-0.3, -0.25) is 0 Å². The first-order valence-electron chi connectivity index (χ1n) is 8.05. The second-order valence-electron chi connectivity index (χ2n) is 6.29. The summed E-state index contributed by atoms with van der Waals surface area (Å²) in [5, 5.41) is 0. The summed E-state index contributed by atoms with van der Waals surface area (Å²) < 4.78 is 4.87. The Morgan fingerprint density at radius 2 is 2.00 bits per heavy atom. The van der Waals surface area contributed by atoms with E-state index in [1.807, 2.05) is 12.1 Å².